The Morgan fingerprint density at radius 3 is 2.86 bits per heavy atom. The lowest BCUT2D eigenvalue weighted by Gasteiger charge is -2.25. The first-order valence-corrected chi connectivity index (χ1v) is 9.82. The van der Waals surface area contributed by atoms with Crippen molar-refractivity contribution in [1.82, 2.24) is 19.7 Å². The molecular formula is C19H24N6O3. The molecule has 2 aromatic rings. The number of fused-ring (bicyclic) bond motifs is 1. The van der Waals surface area contributed by atoms with Gasteiger partial charge in [0.1, 0.15) is 11.4 Å². The molecule has 1 unspecified atom stereocenters. The highest BCUT2D eigenvalue weighted by Crippen LogP contribution is 2.27. The Bertz CT molecular complexity index is 903. The number of aryl methyl sites for hydroxylation is 2. The molecule has 0 saturated carbocycles. The van der Waals surface area contributed by atoms with E-state index in [1.165, 1.54) is 6.07 Å². The van der Waals surface area contributed by atoms with Gasteiger partial charge in [0.15, 0.2) is 5.82 Å². The van der Waals surface area contributed by atoms with Crippen molar-refractivity contribution in [1.29, 1.82) is 0 Å². The number of carbonyl (C=O) groups is 1. The Morgan fingerprint density at radius 1 is 1.36 bits per heavy atom. The fourth-order valence-electron chi connectivity index (χ4n) is 3.91. The molecule has 0 aliphatic carbocycles. The second-order valence-electron chi connectivity index (χ2n) is 7.35. The van der Waals surface area contributed by atoms with Crippen LogP contribution in [0.25, 0.3) is 0 Å². The van der Waals surface area contributed by atoms with Crippen molar-refractivity contribution in [2.45, 2.75) is 51.6 Å². The Morgan fingerprint density at radius 2 is 2.14 bits per heavy atom. The Balaban J connectivity index is 1.54. The van der Waals surface area contributed by atoms with Gasteiger partial charge in [-0.2, -0.15) is 5.10 Å². The molecule has 1 N–H and O–H groups in total. The maximum absolute atomic E-state index is 12.8. The molecule has 1 atom stereocenters. The number of anilines is 1. The molecule has 28 heavy (non-hydrogen) atoms. The number of nitrogens with one attached hydrogen (secondary N) is 1. The lowest BCUT2D eigenvalue weighted by atomic mass is 10.1. The van der Waals surface area contributed by atoms with Crippen LogP contribution in [0.3, 0.4) is 0 Å². The molecule has 2 aliphatic heterocycles. The molecule has 1 fully saturated rings. The van der Waals surface area contributed by atoms with Crippen molar-refractivity contribution in [3.05, 3.63) is 45.5 Å². The van der Waals surface area contributed by atoms with Gasteiger partial charge in [0.2, 0.25) is 0 Å². The van der Waals surface area contributed by atoms with Crippen LogP contribution in [0.5, 0.6) is 0 Å². The van der Waals surface area contributed by atoms with Gasteiger partial charge in [0.05, 0.1) is 11.5 Å². The molecule has 2 aliphatic rings. The van der Waals surface area contributed by atoms with E-state index in [0.29, 0.717) is 19.6 Å². The van der Waals surface area contributed by atoms with Crippen LogP contribution in [0.4, 0.5) is 11.4 Å². The van der Waals surface area contributed by atoms with Crippen LogP contribution >= 0.6 is 0 Å². The first-order valence-electron chi connectivity index (χ1n) is 9.82. The van der Waals surface area contributed by atoms with Crippen molar-refractivity contribution in [3.63, 3.8) is 0 Å². The minimum atomic E-state index is -0.484. The van der Waals surface area contributed by atoms with Gasteiger partial charge in [0, 0.05) is 43.7 Å². The number of nitro benzene ring substituents is 1. The fraction of sp³-hybridized carbons (Fsp3) is 0.526. The molecule has 1 amide bonds. The van der Waals surface area contributed by atoms with Gasteiger partial charge in [-0.3, -0.25) is 14.9 Å². The predicted octanol–water partition coefficient (Wildman–Crippen LogP) is 2.41. The van der Waals surface area contributed by atoms with E-state index in [1.54, 1.807) is 17.0 Å². The summed E-state index contributed by atoms with van der Waals surface area (Å²) >= 11 is 0. The molecular weight excluding hydrogens is 360 g/mol. The molecule has 4 rings (SSSR count). The van der Waals surface area contributed by atoms with Crippen molar-refractivity contribution in [2.75, 3.05) is 18.4 Å². The maximum Gasteiger partial charge on any atom is 0.282 e. The van der Waals surface area contributed by atoms with E-state index in [1.807, 2.05) is 11.6 Å². The number of likely N-dealkylation sites (tertiary alicyclic amines) is 1. The lowest BCUT2D eigenvalue weighted by Crippen LogP contribution is -2.32. The normalized spacial score (nSPS) is 18.8. The summed E-state index contributed by atoms with van der Waals surface area (Å²) in [6.07, 6.45) is 4.42. The Hall–Kier alpha value is -2.97. The van der Waals surface area contributed by atoms with Crippen molar-refractivity contribution in [2.24, 2.45) is 0 Å². The van der Waals surface area contributed by atoms with Crippen LogP contribution in [0, 0.1) is 10.1 Å². The van der Waals surface area contributed by atoms with E-state index in [2.05, 4.69) is 15.4 Å². The van der Waals surface area contributed by atoms with E-state index in [4.69, 9.17) is 0 Å². The molecule has 1 aromatic carbocycles. The smallest absolute Gasteiger partial charge is 0.282 e. The number of amides is 1. The summed E-state index contributed by atoms with van der Waals surface area (Å²) in [5, 5.41) is 19.3. The van der Waals surface area contributed by atoms with Crippen molar-refractivity contribution in [3.8, 4) is 0 Å². The second kappa shape index (κ2) is 7.57. The predicted molar refractivity (Wildman–Crippen MR) is 103 cm³/mol. The molecule has 1 saturated heterocycles. The third kappa shape index (κ3) is 3.56. The third-order valence-electron chi connectivity index (χ3n) is 5.41. The largest absolute Gasteiger partial charge is 0.380 e. The number of benzene rings is 1. The van der Waals surface area contributed by atoms with E-state index >= 15 is 0 Å². The molecule has 9 nitrogen and oxygen atoms in total. The molecule has 0 radical (unpaired) electrons. The highest BCUT2D eigenvalue weighted by Gasteiger charge is 2.28. The van der Waals surface area contributed by atoms with Gasteiger partial charge < -0.3 is 10.2 Å². The summed E-state index contributed by atoms with van der Waals surface area (Å²) < 4.78 is 1.93. The maximum atomic E-state index is 12.8. The van der Waals surface area contributed by atoms with E-state index in [9.17, 15) is 14.9 Å². The standard InChI is InChI=1S/C19H24N6O3/c1-2-17-21-18-8-6-14(12-24(18)22-17)20-13-5-7-16(25(27)28)15(11-13)19(26)23-9-3-4-10-23/h5,7,11,14,20H,2-4,6,8-10,12H2,1H3. The summed E-state index contributed by atoms with van der Waals surface area (Å²) in [6, 6.07) is 4.85. The molecule has 0 spiro atoms. The van der Waals surface area contributed by atoms with Crippen LogP contribution in [-0.2, 0) is 19.4 Å². The van der Waals surface area contributed by atoms with Crippen molar-refractivity contribution < 1.29 is 9.72 Å². The first-order chi connectivity index (χ1) is 13.5. The number of carbonyl (C=O) groups excluding carboxylic acids is 1. The fourth-order valence-corrected chi connectivity index (χ4v) is 3.91. The van der Waals surface area contributed by atoms with Crippen LogP contribution in [0.2, 0.25) is 0 Å². The van der Waals surface area contributed by atoms with Gasteiger partial charge in [-0.1, -0.05) is 6.92 Å². The van der Waals surface area contributed by atoms with E-state index < -0.39 is 4.92 Å². The number of nitro groups is 1. The Kier molecular flexibility index (Phi) is 4.97. The minimum Gasteiger partial charge on any atom is -0.380 e. The zero-order valence-corrected chi connectivity index (χ0v) is 15.9. The van der Waals surface area contributed by atoms with Crippen LogP contribution < -0.4 is 5.32 Å². The highest BCUT2D eigenvalue weighted by atomic mass is 16.6. The van der Waals surface area contributed by atoms with Crippen molar-refractivity contribution >= 4 is 17.3 Å². The SMILES string of the molecule is CCc1nc2n(n1)CC(Nc1ccc([N+](=O)[O-])c(C(=O)N3CCCC3)c1)CC2. The van der Waals surface area contributed by atoms with Gasteiger partial charge in [-0.25, -0.2) is 9.67 Å². The molecule has 9 heteroatoms. The topological polar surface area (TPSA) is 106 Å². The summed E-state index contributed by atoms with van der Waals surface area (Å²) in [6.45, 7) is 4.04. The van der Waals surface area contributed by atoms with Gasteiger partial charge in [-0.15, -0.1) is 0 Å². The van der Waals surface area contributed by atoms with Crippen LogP contribution in [-0.4, -0.2) is 49.6 Å². The third-order valence-corrected chi connectivity index (χ3v) is 5.41. The monoisotopic (exact) mass is 384 g/mol. The zero-order chi connectivity index (χ0) is 19.7. The van der Waals surface area contributed by atoms with Crippen LogP contribution in [0.1, 0.15) is 48.2 Å². The number of aromatic nitrogens is 3. The molecule has 1 aromatic heterocycles. The molecule has 0 bridgehead atoms. The summed E-state index contributed by atoms with van der Waals surface area (Å²) in [7, 11) is 0. The minimum absolute atomic E-state index is 0.134. The number of hydrogen-bond donors (Lipinski definition) is 1. The first kappa shape index (κ1) is 18.4. The highest BCUT2D eigenvalue weighted by molar-refractivity contribution is 5.99. The quantitative estimate of drug-likeness (QED) is 0.627. The number of hydrogen-bond acceptors (Lipinski definition) is 6. The van der Waals surface area contributed by atoms with Gasteiger partial charge >= 0.3 is 0 Å². The summed E-state index contributed by atoms with van der Waals surface area (Å²) in [4.78, 5) is 29.9. The molecule has 3 heterocycles. The van der Waals surface area contributed by atoms with E-state index in [-0.39, 0.29) is 23.2 Å². The summed E-state index contributed by atoms with van der Waals surface area (Å²) in [5.74, 6) is 1.59. The van der Waals surface area contributed by atoms with Gasteiger partial charge in [0.25, 0.3) is 11.6 Å². The molecule has 148 valence electrons. The number of rotatable bonds is 5. The summed E-state index contributed by atoms with van der Waals surface area (Å²) in [5.41, 5.74) is 0.733. The average molecular weight is 384 g/mol. The Labute approximate surface area is 162 Å². The average Bonchev–Trinajstić information content (AvgIpc) is 3.36. The lowest BCUT2D eigenvalue weighted by molar-refractivity contribution is -0.385. The second-order valence-corrected chi connectivity index (χ2v) is 7.35. The van der Waals surface area contributed by atoms with Crippen LogP contribution in [0.15, 0.2) is 18.2 Å². The zero-order valence-electron chi connectivity index (χ0n) is 15.9. The van der Waals surface area contributed by atoms with Gasteiger partial charge in [-0.05, 0) is 31.4 Å². The number of nitrogens with zero attached hydrogens (tertiary/aromatic N) is 5. The van der Waals surface area contributed by atoms with E-state index in [0.717, 1.165) is 49.4 Å².